The van der Waals surface area contributed by atoms with Gasteiger partial charge in [0.25, 0.3) is 0 Å². The minimum atomic E-state index is 0.282. The van der Waals surface area contributed by atoms with Crippen LogP contribution in [0, 0.1) is 0 Å². The van der Waals surface area contributed by atoms with Gasteiger partial charge in [0.1, 0.15) is 0 Å². The predicted octanol–water partition coefficient (Wildman–Crippen LogP) is 2.43. The molecule has 1 aliphatic heterocycles. The summed E-state index contributed by atoms with van der Waals surface area (Å²) in [5.41, 5.74) is 2.23. The maximum atomic E-state index is 4.40. The lowest BCUT2D eigenvalue weighted by atomic mass is 10.3. The van der Waals surface area contributed by atoms with E-state index < -0.39 is 0 Å². The number of hydrogen-bond acceptors (Lipinski definition) is 2. The molecule has 0 radical (unpaired) electrons. The minimum absolute atomic E-state index is 0.282. The fraction of sp³-hybridized carbons (Fsp3) is 0.556. The van der Waals surface area contributed by atoms with Crippen molar-refractivity contribution in [2.24, 2.45) is 0 Å². The Kier molecular flexibility index (Phi) is 2.33. The molecule has 1 heterocycles. The summed E-state index contributed by atoms with van der Waals surface area (Å²) in [6.45, 7) is 12.2. The highest BCUT2D eigenvalue weighted by molar-refractivity contribution is 7.81. The smallest absolute Gasteiger partial charge is 0.0468 e. The minimum Gasteiger partial charge on any atom is -0.346 e. The highest BCUT2D eigenvalue weighted by Crippen LogP contribution is 2.33. The van der Waals surface area contributed by atoms with Gasteiger partial charge in [0.05, 0.1) is 0 Å². The Balaban J connectivity index is 2.80. The van der Waals surface area contributed by atoms with Gasteiger partial charge in [-0.05, 0) is 13.8 Å². The zero-order chi connectivity index (χ0) is 8.59. The Morgan fingerprint density at radius 3 is 2.27 bits per heavy atom. The second-order valence-electron chi connectivity index (χ2n) is 3.24. The monoisotopic (exact) mass is 169 g/mol. The first kappa shape index (κ1) is 8.72. The highest BCUT2D eigenvalue weighted by Gasteiger charge is 2.28. The molecule has 11 heavy (non-hydrogen) atoms. The van der Waals surface area contributed by atoms with Gasteiger partial charge in [-0.2, -0.15) is 12.6 Å². The fourth-order valence-corrected chi connectivity index (χ4v) is 1.83. The fourth-order valence-electron chi connectivity index (χ4n) is 1.50. The number of allylic oxidation sites excluding steroid dienone is 1. The van der Waals surface area contributed by atoms with E-state index in [4.69, 9.17) is 0 Å². The molecule has 1 rings (SSSR count). The molecule has 0 saturated carbocycles. The molecule has 1 atom stereocenters. The van der Waals surface area contributed by atoms with Crippen LogP contribution in [0.1, 0.15) is 20.3 Å². The molecule has 2 heteroatoms. The highest BCUT2D eigenvalue weighted by atomic mass is 32.1. The van der Waals surface area contributed by atoms with Crippen molar-refractivity contribution in [3.8, 4) is 0 Å². The predicted molar refractivity (Wildman–Crippen MR) is 52.6 cm³/mol. The Bertz CT molecular complexity index is 196. The molecule has 62 valence electrons. The van der Waals surface area contributed by atoms with E-state index in [2.05, 4.69) is 44.5 Å². The molecule has 1 saturated heterocycles. The zero-order valence-electron chi connectivity index (χ0n) is 7.17. The number of likely N-dealkylation sites (tertiary alicyclic amines) is 1. The van der Waals surface area contributed by atoms with Crippen molar-refractivity contribution in [3.63, 3.8) is 0 Å². The average Bonchev–Trinajstić information content (AvgIpc) is 2.07. The largest absolute Gasteiger partial charge is 0.346 e. The van der Waals surface area contributed by atoms with Crippen LogP contribution in [0.5, 0.6) is 0 Å². The molecule has 0 spiro atoms. The first-order valence-electron chi connectivity index (χ1n) is 3.88. The van der Waals surface area contributed by atoms with Crippen LogP contribution in [-0.4, -0.2) is 16.2 Å². The standard InChI is InChI=1S/C9H15NS/c1-6(2)10-7(3)5-9(11)8(10)4/h6,9,11H,3-5H2,1-2H3. The molecule has 0 aromatic rings. The maximum absolute atomic E-state index is 4.40. The summed E-state index contributed by atoms with van der Waals surface area (Å²) in [5.74, 6) is 0. The van der Waals surface area contributed by atoms with E-state index in [0.29, 0.717) is 6.04 Å². The maximum Gasteiger partial charge on any atom is 0.0468 e. The Hall–Kier alpha value is -0.370. The molecule has 0 amide bonds. The third-order valence-corrected chi connectivity index (χ3v) is 2.46. The molecule has 0 aliphatic carbocycles. The third kappa shape index (κ3) is 1.45. The van der Waals surface area contributed by atoms with Crippen molar-refractivity contribution in [1.82, 2.24) is 4.90 Å². The van der Waals surface area contributed by atoms with Crippen LogP contribution in [0.3, 0.4) is 0 Å². The molecule has 1 aliphatic rings. The summed E-state index contributed by atoms with van der Waals surface area (Å²) in [5, 5.41) is 0.282. The van der Waals surface area contributed by atoms with E-state index in [9.17, 15) is 0 Å². The summed E-state index contributed by atoms with van der Waals surface area (Å²) < 4.78 is 0. The summed E-state index contributed by atoms with van der Waals surface area (Å²) in [6.07, 6.45) is 0.945. The SMILES string of the molecule is C=C1CC(S)C(=C)N1C(C)C. The van der Waals surface area contributed by atoms with Crippen LogP contribution in [0.15, 0.2) is 24.6 Å². The zero-order valence-corrected chi connectivity index (χ0v) is 8.06. The quantitative estimate of drug-likeness (QED) is 0.590. The molecule has 0 aromatic heterocycles. The summed E-state index contributed by atoms with van der Waals surface area (Å²) in [4.78, 5) is 2.16. The van der Waals surface area contributed by atoms with Crippen LogP contribution >= 0.6 is 12.6 Å². The lowest BCUT2D eigenvalue weighted by Gasteiger charge is -2.25. The molecule has 0 aromatic carbocycles. The van der Waals surface area contributed by atoms with Gasteiger partial charge in [-0.3, -0.25) is 0 Å². The molecule has 0 N–H and O–H groups in total. The second-order valence-corrected chi connectivity index (χ2v) is 3.86. The summed E-state index contributed by atoms with van der Waals surface area (Å²) in [7, 11) is 0. The Morgan fingerprint density at radius 2 is 2.09 bits per heavy atom. The Morgan fingerprint density at radius 1 is 1.55 bits per heavy atom. The van der Waals surface area contributed by atoms with Gasteiger partial charge in [-0.1, -0.05) is 13.2 Å². The van der Waals surface area contributed by atoms with Crippen LogP contribution in [0.4, 0.5) is 0 Å². The van der Waals surface area contributed by atoms with Crippen molar-refractivity contribution in [3.05, 3.63) is 24.6 Å². The summed E-state index contributed by atoms with van der Waals surface area (Å²) >= 11 is 4.40. The average molecular weight is 169 g/mol. The molecule has 0 bridgehead atoms. The molecular formula is C9H15NS. The molecular weight excluding hydrogens is 154 g/mol. The van der Waals surface area contributed by atoms with Gasteiger partial charge in [-0.15, -0.1) is 0 Å². The van der Waals surface area contributed by atoms with Crippen LogP contribution in [0.2, 0.25) is 0 Å². The van der Waals surface area contributed by atoms with Crippen molar-refractivity contribution in [1.29, 1.82) is 0 Å². The van der Waals surface area contributed by atoms with Crippen LogP contribution in [0.25, 0.3) is 0 Å². The number of thiol groups is 1. The van der Waals surface area contributed by atoms with E-state index in [1.165, 1.54) is 0 Å². The lowest BCUT2D eigenvalue weighted by molar-refractivity contribution is 0.380. The van der Waals surface area contributed by atoms with Crippen molar-refractivity contribution in [2.75, 3.05) is 0 Å². The van der Waals surface area contributed by atoms with E-state index in [0.717, 1.165) is 17.8 Å². The van der Waals surface area contributed by atoms with Gasteiger partial charge >= 0.3 is 0 Å². The van der Waals surface area contributed by atoms with Crippen molar-refractivity contribution in [2.45, 2.75) is 31.6 Å². The summed E-state index contributed by atoms with van der Waals surface area (Å²) in [6, 6.07) is 0.465. The van der Waals surface area contributed by atoms with Crippen molar-refractivity contribution < 1.29 is 0 Å². The number of nitrogens with zero attached hydrogens (tertiary/aromatic N) is 1. The molecule has 1 nitrogen and oxygen atoms in total. The van der Waals surface area contributed by atoms with E-state index >= 15 is 0 Å². The van der Waals surface area contributed by atoms with Crippen molar-refractivity contribution >= 4 is 12.6 Å². The first-order valence-corrected chi connectivity index (χ1v) is 4.39. The lowest BCUT2D eigenvalue weighted by Crippen LogP contribution is -2.24. The van der Waals surface area contributed by atoms with Crippen LogP contribution < -0.4 is 0 Å². The third-order valence-electron chi connectivity index (χ3n) is 1.98. The van der Waals surface area contributed by atoms with Gasteiger partial charge in [0.2, 0.25) is 0 Å². The molecule has 1 fully saturated rings. The second kappa shape index (κ2) is 2.94. The van der Waals surface area contributed by atoms with E-state index in [1.54, 1.807) is 0 Å². The first-order chi connectivity index (χ1) is 5.04. The normalized spacial score (nSPS) is 25.5. The topological polar surface area (TPSA) is 3.24 Å². The van der Waals surface area contributed by atoms with Gasteiger partial charge < -0.3 is 4.90 Å². The molecule has 1 unspecified atom stereocenters. The van der Waals surface area contributed by atoms with E-state index in [1.807, 2.05) is 0 Å². The number of hydrogen-bond donors (Lipinski definition) is 1. The van der Waals surface area contributed by atoms with Gasteiger partial charge in [0.15, 0.2) is 0 Å². The van der Waals surface area contributed by atoms with E-state index in [-0.39, 0.29) is 5.25 Å². The number of rotatable bonds is 1. The van der Waals surface area contributed by atoms with Gasteiger partial charge in [-0.25, -0.2) is 0 Å². The Labute approximate surface area is 74.2 Å². The van der Waals surface area contributed by atoms with Gasteiger partial charge in [0, 0.05) is 29.1 Å². The van der Waals surface area contributed by atoms with Crippen LogP contribution in [-0.2, 0) is 0 Å².